The van der Waals surface area contributed by atoms with Gasteiger partial charge in [-0.2, -0.15) is 4.98 Å². The van der Waals surface area contributed by atoms with Gasteiger partial charge in [-0.05, 0) is 55.3 Å². The van der Waals surface area contributed by atoms with E-state index in [1.165, 1.54) is 19.1 Å². The third-order valence-electron chi connectivity index (χ3n) is 3.95. The van der Waals surface area contributed by atoms with Crippen LogP contribution in [0.4, 0.5) is 27.5 Å². The van der Waals surface area contributed by atoms with Crippen LogP contribution >= 0.6 is 0 Å². The molecule has 0 spiro atoms. The Morgan fingerprint density at radius 1 is 1.00 bits per heavy atom. The molecule has 0 aliphatic heterocycles. The first-order valence-corrected chi connectivity index (χ1v) is 8.96. The Labute approximate surface area is 163 Å². The molecular formula is C21H22FN5O. The van der Waals surface area contributed by atoms with Gasteiger partial charge in [0.1, 0.15) is 11.6 Å². The van der Waals surface area contributed by atoms with E-state index in [0.29, 0.717) is 18.3 Å². The summed E-state index contributed by atoms with van der Waals surface area (Å²) in [5, 5.41) is 9.16. The summed E-state index contributed by atoms with van der Waals surface area (Å²) in [5.74, 6) is 0.853. The van der Waals surface area contributed by atoms with Gasteiger partial charge >= 0.3 is 0 Å². The van der Waals surface area contributed by atoms with Crippen molar-refractivity contribution in [3.63, 3.8) is 0 Å². The van der Waals surface area contributed by atoms with Gasteiger partial charge in [0, 0.05) is 36.6 Å². The molecule has 28 heavy (non-hydrogen) atoms. The Morgan fingerprint density at radius 2 is 1.68 bits per heavy atom. The van der Waals surface area contributed by atoms with Crippen molar-refractivity contribution in [1.82, 2.24) is 9.97 Å². The highest BCUT2D eigenvalue weighted by Gasteiger charge is 2.04. The van der Waals surface area contributed by atoms with E-state index >= 15 is 0 Å². The predicted molar refractivity (Wildman–Crippen MR) is 109 cm³/mol. The topological polar surface area (TPSA) is 78.9 Å². The molecule has 2 aromatic carbocycles. The molecular weight excluding hydrogens is 357 g/mol. The van der Waals surface area contributed by atoms with E-state index in [2.05, 4.69) is 25.9 Å². The molecule has 0 saturated heterocycles. The minimum Gasteiger partial charge on any atom is -0.370 e. The van der Waals surface area contributed by atoms with Gasteiger partial charge in [-0.15, -0.1) is 0 Å². The average Bonchev–Trinajstić information content (AvgIpc) is 2.64. The van der Waals surface area contributed by atoms with Crippen molar-refractivity contribution in [3.8, 4) is 0 Å². The summed E-state index contributed by atoms with van der Waals surface area (Å²) in [4.78, 5) is 20.0. The summed E-state index contributed by atoms with van der Waals surface area (Å²) >= 11 is 0. The van der Waals surface area contributed by atoms with E-state index < -0.39 is 0 Å². The molecule has 6 nitrogen and oxygen atoms in total. The van der Waals surface area contributed by atoms with Crippen LogP contribution in [0, 0.1) is 12.7 Å². The summed E-state index contributed by atoms with van der Waals surface area (Å²) in [6.45, 7) is 4.04. The Hall–Kier alpha value is -3.48. The number of carbonyl (C=O) groups is 1. The highest BCUT2D eigenvalue weighted by Crippen LogP contribution is 2.18. The minimum atomic E-state index is -0.232. The number of hydrogen-bond donors (Lipinski definition) is 3. The van der Waals surface area contributed by atoms with Gasteiger partial charge in [-0.3, -0.25) is 4.79 Å². The first kappa shape index (κ1) is 19.3. The summed E-state index contributed by atoms with van der Waals surface area (Å²) in [6.07, 6.45) is 0.761. The lowest BCUT2D eigenvalue weighted by atomic mass is 10.1. The normalized spacial score (nSPS) is 10.4. The van der Waals surface area contributed by atoms with Crippen molar-refractivity contribution in [2.75, 3.05) is 22.5 Å². The zero-order chi connectivity index (χ0) is 19.9. The lowest BCUT2D eigenvalue weighted by molar-refractivity contribution is -0.114. The quantitative estimate of drug-likeness (QED) is 0.571. The average molecular weight is 379 g/mol. The van der Waals surface area contributed by atoms with Crippen LogP contribution in [0.3, 0.4) is 0 Å². The van der Waals surface area contributed by atoms with Crippen LogP contribution in [0.5, 0.6) is 0 Å². The van der Waals surface area contributed by atoms with Crippen molar-refractivity contribution >= 4 is 29.0 Å². The number of halogens is 1. The number of nitrogens with one attached hydrogen (secondary N) is 3. The summed E-state index contributed by atoms with van der Waals surface area (Å²) in [7, 11) is 0. The number of rotatable bonds is 7. The van der Waals surface area contributed by atoms with E-state index in [9.17, 15) is 9.18 Å². The number of hydrogen-bond acceptors (Lipinski definition) is 5. The van der Waals surface area contributed by atoms with Gasteiger partial charge in [-0.1, -0.05) is 12.1 Å². The highest BCUT2D eigenvalue weighted by molar-refractivity contribution is 5.88. The summed E-state index contributed by atoms with van der Waals surface area (Å²) < 4.78 is 13.0. The number of amides is 1. The van der Waals surface area contributed by atoms with E-state index in [0.717, 1.165) is 29.1 Å². The fourth-order valence-corrected chi connectivity index (χ4v) is 2.67. The van der Waals surface area contributed by atoms with Gasteiger partial charge in [0.05, 0.1) is 0 Å². The molecule has 1 aromatic heterocycles. The number of benzene rings is 2. The second-order valence-corrected chi connectivity index (χ2v) is 6.40. The minimum absolute atomic E-state index is 0.112. The van der Waals surface area contributed by atoms with Gasteiger partial charge in [-0.25, -0.2) is 9.37 Å². The summed E-state index contributed by atoms with van der Waals surface area (Å²) in [5.41, 5.74) is 3.43. The molecule has 3 N–H and O–H groups in total. The second-order valence-electron chi connectivity index (χ2n) is 6.40. The van der Waals surface area contributed by atoms with Crippen LogP contribution in [0.15, 0.2) is 54.6 Å². The SMILES string of the molecule is CC(=O)Nc1ccc(Nc2nc(C)cc(NCCc3ccc(F)cc3)n2)cc1. The molecule has 1 amide bonds. The highest BCUT2D eigenvalue weighted by atomic mass is 19.1. The number of aryl methyl sites for hydroxylation is 1. The lowest BCUT2D eigenvalue weighted by Crippen LogP contribution is -2.09. The van der Waals surface area contributed by atoms with Crippen LogP contribution in [-0.4, -0.2) is 22.4 Å². The largest absolute Gasteiger partial charge is 0.370 e. The van der Waals surface area contributed by atoms with Crippen molar-refractivity contribution in [2.45, 2.75) is 20.3 Å². The number of aromatic nitrogens is 2. The fourth-order valence-electron chi connectivity index (χ4n) is 2.67. The fraction of sp³-hybridized carbons (Fsp3) is 0.190. The maximum Gasteiger partial charge on any atom is 0.229 e. The van der Waals surface area contributed by atoms with Crippen molar-refractivity contribution < 1.29 is 9.18 Å². The molecule has 3 aromatic rings. The lowest BCUT2D eigenvalue weighted by Gasteiger charge is -2.11. The van der Waals surface area contributed by atoms with Crippen LogP contribution in [-0.2, 0) is 11.2 Å². The van der Waals surface area contributed by atoms with Crippen molar-refractivity contribution in [2.24, 2.45) is 0 Å². The third kappa shape index (κ3) is 5.77. The first-order chi connectivity index (χ1) is 13.5. The summed E-state index contributed by atoms with van der Waals surface area (Å²) in [6, 6.07) is 15.7. The maximum absolute atomic E-state index is 13.0. The van der Waals surface area contributed by atoms with E-state index in [1.807, 2.05) is 25.1 Å². The molecule has 0 fully saturated rings. The van der Waals surface area contributed by atoms with Crippen molar-refractivity contribution in [3.05, 3.63) is 71.7 Å². The zero-order valence-corrected chi connectivity index (χ0v) is 15.8. The molecule has 0 saturated carbocycles. The maximum atomic E-state index is 13.0. The predicted octanol–water partition coefficient (Wildman–Crippen LogP) is 4.28. The molecule has 7 heteroatoms. The molecule has 0 unspecified atom stereocenters. The number of carbonyl (C=O) groups excluding carboxylic acids is 1. The molecule has 144 valence electrons. The molecule has 3 rings (SSSR count). The molecule has 0 atom stereocenters. The smallest absolute Gasteiger partial charge is 0.229 e. The Kier molecular flexibility index (Phi) is 6.16. The van der Waals surface area contributed by atoms with Gasteiger partial charge < -0.3 is 16.0 Å². The number of nitrogens with zero attached hydrogens (tertiary/aromatic N) is 2. The number of anilines is 4. The van der Waals surface area contributed by atoms with Gasteiger partial charge in [0.2, 0.25) is 11.9 Å². The molecule has 1 heterocycles. The zero-order valence-electron chi connectivity index (χ0n) is 15.8. The van der Waals surface area contributed by atoms with E-state index in [4.69, 9.17) is 0 Å². The standard InChI is InChI=1S/C21H22FN5O/c1-14-13-20(23-12-11-16-3-5-17(22)6-4-16)27-21(24-14)26-19-9-7-18(8-10-19)25-15(2)28/h3-10,13H,11-12H2,1-2H3,(H,25,28)(H2,23,24,26,27). The van der Waals surface area contributed by atoms with Crippen LogP contribution in [0.2, 0.25) is 0 Å². The Balaban J connectivity index is 1.60. The van der Waals surface area contributed by atoms with Crippen LogP contribution in [0.1, 0.15) is 18.2 Å². The Morgan fingerprint density at radius 3 is 2.36 bits per heavy atom. The van der Waals surface area contributed by atoms with Crippen LogP contribution < -0.4 is 16.0 Å². The molecule has 0 radical (unpaired) electrons. The first-order valence-electron chi connectivity index (χ1n) is 8.96. The Bertz CT molecular complexity index is 942. The van der Waals surface area contributed by atoms with E-state index in [-0.39, 0.29) is 11.7 Å². The monoisotopic (exact) mass is 379 g/mol. The van der Waals surface area contributed by atoms with Crippen molar-refractivity contribution in [1.29, 1.82) is 0 Å². The molecule has 0 aliphatic rings. The van der Waals surface area contributed by atoms with Gasteiger partial charge in [0.15, 0.2) is 0 Å². The van der Waals surface area contributed by atoms with Gasteiger partial charge in [0.25, 0.3) is 0 Å². The van der Waals surface area contributed by atoms with E-state index in [1.54, 1.807) is 24.3 Å². The second kappa shape index (κ2) is 8.94. The van der Waals surface area contributed by atoms with Crippen LogP contribution in [0.25, 0.3) is 0 Å². The molecule has 0 aliphatic carbocycles. The molecule has 0 bridgehead atoms. The third-order valence-corrected chi connectivity index (χ3v) is 3.95.